The lowest BCUT2D eigenvalue weighted by atomic mass is 10.1. The van der Waals surface area contributed by atoms with Crippen LogP contribution in [0.4, 0.5) is 4.39 Å². The van der Waals surface area contributed by atoms with Gasteiger partial charge in [0.25, 0.3) is 5.91 Å². The summed E-state index contributed by atoms with van der Waals surface area (Å²) >= 11 is 0. The molecule has 0 bridgehead atoms. The van der Waals surface area contributed by atoms with Crippen LogP contribution in [-0.2, 0) is 4.79 Å². The van der Waals surface area contributed by atoms with Crippen molar-refractivity contribution < 1.29 is 28.6 Å². The monoisotopic (exact) mass is 285 g/mol. The highest BCUT2D eigenvalue weighted by molar-refractivity contribution is 5.95. The molecule has 0 aromatic heterocycles. The largest absolute Gasteiger partial charge is 0.493 e. The Morgan fingerprint density at radius 1 is 1.25 bits per heavy atom. The van der Waals surface area contributed by atoms with Gasteiger partial charge in [0.05, 0.1) is 26.2 Å². The Balaban J connectivity index is 3.00. The van der Waals surface area contributed by atoms with Gasteiger partial charge in [-0.25, -0.2) is 4.39 Å². The Hall–Kier alpha value is -2.31. The Morgan fingerprint density at radius 2 is 1.80 bits per heavy atom. The van der Waals surface area contributed by atoms with Crippen LogP contribution in [0.15, 0.2) is 12.1 Å². The van der Waals surface area contributed by atoms with E-state index < -0.39 is 17.7 Å². The van der Waals surface area contributed by atoms with Gasteiger partial charge in [0.15, 0.2) is 11.5 Å². The zero-order valence-corrected chi connectivity index (χ0v) is 11.5. The molecule has 0 fully saturated rings. The molecule has 0 aliphatic heterocycles. The second kappa shape index (κ2) is 6.74. The van der Waals surface area contributed by atoms with Gasteiger partial charge in [-0.05, 0) is 6.07 Å². The molecule has 0 heterocycles. The van der Waals surface area contributed by atoms with Crippen LogP contribution in [0.2, 0.25) is 0 Å². The lowest BCUT2D eigenvalue weighted by Gasteiger charge is -2.17. The lowest BCUT2D eigenvalue weighted by molar-refractivity contribution is -0.137. The molecule has 110 valence electrons. The smallest absolute Gasteiger partial charge is 0.305 e. The number of halogens is 1. The van der Waals surface area contributed by atoms with E-state index in [0.29, 0.717) is 0 Å². The van der Waals surface area contributed by atoms with E-state index in [1.165, 1.54) is 27.3 Å². The van der Waals surface area contributed by atoms with Crippen molar-refractivity contribution in [3.63, 3.8) is 0 Å². The minimum Gasteiger partial charge on any atom is -0.493 e. The van der Waals surface area contributed by atoms with Gasteiger partial charge in [-0.1, -0.05) is 0 Å². The van der Waals surface area contributed by atoms with E-state index in [1.54, 1.807) is 0 Å². The molecule has 1 aromatic rings. The van der Waals surface area contributed by atoms with Crippen molar-refractivity contribution in [2.24, 2.45) is 0 Å². The first kappa shape index (κ1) is 15.7. The summed E-state index contributed by atoms with van der Waals surface area (Å²) in [7, 11) is 4.14. The zero-order chi connectivity index (χ0) is 15.3. The van der Waals surface area contributed by atoms with E-state index in [0.717, 1.165) is 11.0 Å². The van der Waals surface area contributed by atoms with Crippen LogP contribution in [0.1, 0.15) is 16.8 Å². The molecule has 1 amide bonds. The van der Waals surface area contributed by atoms with E-state index in [-0.39, 0.29) is 30.0 Å². The Morgan fingerprint density at radius 3 is 2.30 bits per heavy atom. The highest BCUT2D eigenvalue weighted by Crippen LogP contribution is 2.30. The van der Waals surface area contributed by atoms with Crippen LogP contribution in [0.3, 0.4) is 0 Å². The number of benzene rings is 1. The molecule has 1 rings (SSSR count). The molecule has 0 atom stereocenters. The van der Waals surface area contributed by atoms with Gasteiger partial charge in [-0.15, -0.1) is 0 Å². The minimum atomic E-state index is -1.03. The molecular weight excluding hydrogens is 269 g/mol. The van der Waals surface area contributed by atoms with Crippen molar-refractivity contribution in [1.82, 2.24) is 4.90 Å². The average molecular weight is 285 g/mol. The van der Waals surface area contributed by atoms with Crippen molar-refractivity contribution in [3.05, 3.63) is 23.5 Å². The molecule has 0 aliphatic rings. The molecule has 1 N–H and O–H groups in total. The van der Waals surface area contributed by atoms with Crippen LogP contribution < -0.4 is 9.47 Å². The number of carboxylic acid groups (broad SMARTS) is 1. The fourth-order valence-corrected chi connectivity index (χ4v) is 1.59. The predicted molar refractivity (Wildman–Crippen MR) is 68.7 cm³/mol. The quantitative estimate of drug-likeness (QED) is 0.854. The van der Waals surface area contributed by atoms with E-state index in [1.807, 2.05) is 0 Å². The predicted octanol–water partition coefficient (Wildman–Crippen LogP) is 1.39. The molecule has 7 heteroatoms. The first-order valence-corrected chi connectivity index (χ1v) is 5.79. The lowest BCUT2D eigenvalue weighted by Crippen LogP contribution is -2.29. The fraction of sp³-hybridized carbons (Fsp3) is 0.385. The van der Waals surface area contributed by atoms with Crippen molar-refractivity contribution in [2.75, 3.05) is 27.8 Å². The summed E-state index contributed by atoms with van der Waals surface area (Å²) in [6.45, 7) is -0.0120. The number of aliphatic carboxylic acids is 1. The number of hydrogen-bond acceptors (Lipinski definition) is 4. The fourth-order valence-electron chi connectivity index (χ4n) is 1.59. The molecular formula is C13H16FNO5. The SMILES string of the molecule is COc1cc(F)c(C(=O)N(C)CCC(=O)O)cc1OC. The minimum absolute atomic E-state index is 0.0120. The third-order valence-electron chi connectivity index (χ3n) is 2.71. The molecule has 0 saturated heterocycles. The van der Waals surface area contributed by atoms with Crippen LogP contribution in [0.5, 0.6) is 11.5 Å². The van der Waals surface area contributed by atoms with Crippen molar-refractivity contribution >= 4 is 11.9 Å². The maximum atomic E-state index is 13.9. The van der Waals surface area contributed by atoms with Gasteiger partial charge in [-0.2, -0.15) is 0 Å². The van der Waals surface area contributed by atoms with Gasteiger partial charge in [0.2, 0.25) is 0 Å². The summed E-state index contributed by atoms with van der Waals surface area (Å²) < 4.78 is 23.8. The van der Waals surface area contributed by atoms with Gasteiger partial charge in [0.1, 0.15) is 5.82 Å². The number of nitrogens with zero attached hydrogens (tertiary/aromatic N) is 1. The number of methoxy groups -OCH3 is 2. The van der Waals surface area contributed by atoms with Crippen molar-refractivity contribution in [3.8, 4) is 11.5 Å². The molecule has 0 radical (unpaired) electrons. The van der Waals surface area contributed by atoms with Crippen LogP contribution >= 0.6 is 0 Å². The number of carboxylic acids is 1. The average Bonchev–Trinajstić information content (AvgIpc) is 2.43. The highest BCUT2D eigenvalue weighted by atomic mass is 19.1. The summed E-state index contributed by atoms with van der Waals surface area (Å²) in [4.78, 5) is 23.6. The number of ether oxygens (including phenoxy) is 2. The molecule has 0 aliphatic carbocycles. The summed E-state index contributed by atoms with van der Waals surface area (Å²) in [5, 5.41) is 8.57. The number of amides is 1. The maximum absolute atomic E-state index is 13.9. The van der Waals surface area contributed by atoms with Crippen LogP contribution in [-0.4, -0.2) is 49.7 Å². The van der Waals surface area contributed by atoms with E-state index in [4.69, 9.17) is 14.6 Å². The van der Waals surface area contributed by atoms with Crippen LogP contribution in [0, 0.1) is 5.82 Å². The van der Waals surface area contributed by atoms with Gasteiger partial charge in [-0.3, -0.25) is 9.59 Å². The van der Waals surface area contributed by atoms with Gasteiger partial charge >= 0.3 is 5.97 Å². The topological polar surface area (TPSA) is 76.1 Å². The van der Waals surface area contributed by atoms with E-state index in [9.17, 15) is 14.0 Å². The first-order chi connectivity index (χ1) is 9.40. The highest BCUT2D eigenvalue weighted by Gasteiger charge is 2.20. The van der Waals surface area contributed by atoms with E-state index >= 15 is 0 Å². The molecule has 1 aromatic carbocycles. The second-order valence-electron chi connectivity index (χ2n) is 4.06. The second-order valence-corrected chi connectivity index (χ2v) is 4.06. The number of carbonyl (C=O) groups excluding carboxylic acids is 1. The summed E-state index contributed by atoms with van der Waals surface area (Å²) in [5.74, 6) is -2.00. The first-order valence-electron chi connectivity index (χ1n) is 5.79. The summed E-state index contributed by atoms with van der Waals surface area (Å²) in [6.07, 6.45) is -0.211. The van der Waals surface area contributed by atoms with Crippen molar-refractivity contribution in [2.45, 2.75) is 6.42 Å². The molecule has 20 heavy (non-hydrogen) atoms. The number of carbonyl (C=O) groups is 2. The van der Waals surface area contributed by atoms with E-state index in [2.05, 4.69) is 0 Å². The number of hydrogen-bond donors (Lipinski definition) is 1. The normalized spacial score (nSPS) is 10.0. The maximum Gasteiger partial charge on any atom is 0.305 e. The summed E-state index contributed by atoms with van der Waals surface area (Å²) in [6, 6.07) is 2.28. The Bertz CT molecular complexity index is 518. The Kier molecular flexibility index (Phi) is 5.31. The molecule has 0 saturated carbocycles. The van der Waals surface area contributed by atoms with Gasteiger partial charge in [0, 0.05) is 19.7 Å². The van der Waals surface area contributed by atoms with Crippen molar-refractivity contribution in [1.29, 1.82) is 0 Å². The third kappa shape index (κ3) is 3.59. The summed E-state index contributed by atoms with van der Waals surface area (Å²) in [5.41, 5.74) is -0.199. The molecule has 6 nitrogen and oxygen atoms in total. The third-order valence-corrected chi connectivity index (χ3v) is 2.71. The molecule has 0 unspecified atom stereocenters. The molecule has 0 spiro atoms. The zero-order valence-electron chi connectivity index (χ0n) is 11.5. The Labute approximate surface area is 115 Å². The standard InChI is InChI=1S/C13H16FNO5/c1-15(5-4-12(16)17)13(18)8-6-10(19-2)11(20-3)7-9(8)14/h6-7H,4-5H2,1-3H3,(H,16,17). The van der Waals surface area contributed by atoms with Crippen LogP contribution in [0.25, 0.3) is 0 Å². The van der Waals surface area contributed by atoms with Gasteiger partial charge < -0.3 is 19.5 Å². The number of rotatable bonds is 6.